The Bertz CT molecular complexity index is 171. The third-order valence-electron chi connectivity index (χ3n) is 2.68. The van der Waals surface area contributed by atoms with Crippen molar-refractivity contribution in [2.45, 2.75) is 65.0 Å². The minimum atomic E-state index is -0.133. The van der Waals surface area contributed by atoms with E-state index in [9.17, 15) is 4.79 Å². The molecule has 3 nitrogen and oxygen atoms in total. The molecule has 2 atom stereocenters. The van der Waals surface area contributed by atoms with Gasteiger partial charge in [-0.25, -0.2) is 0 Å². The molecule has 15 heavy (non-hydrogen) atoms. The lowest BCUT2D eigenvalue weighted by molar-refractivity contribution is -0.143. The zero-order chi connectivity index (χ0) is 11.7. The Kier molecular flexibility index (Phi) is 8.38. The molecule has 0 rings (SSSR count). The first kappa shape index (κ1) is 14.4. The van der Waals surface area contributed by atoms with Gasteiger partial charge in [0.25, 0.3) is 0 Å². The van der Waals surface area contributed by atoms with Gasteiger partial charge in [0.15, 0.2) is 0 Å². The predicted octanol–water partition coefficient (Wildman–Crippen LogP) is 2.50. The molecule has 0 radical (unpaired) electrons. The highest BCUT2D eigenvalue weighted by Crippen LogP contribution is 2.06. The van der Waals surface area contributed by atoms with Crippen LogP contribution in [0.1, 0.15) is 52.9 Å². The van der Waals surface area contributed by atoms with Gasteiger partial charge in [-0.3, -0.25) is 4.79 Å². The van der Waals surface area contributed by atoms with Crippen LogP contribution in [0.25, 0.3) is 0 Å². The highest BCUT2D eigenvalue weighted by molar-refractivity contribution is 5.75. The summed E-state index contributed by atoms with van der Waals surface area (Å²) in [4.78, 5) is 11.5. The van der Waals surface area contributed by atoms with Crippen LogP contribution in [0.5, 0.6) is 0 Å². The Morgan fingerprint density at radius 1 is 1.33 bits per heavy atom. The van der Waals surface area contributed by atoms with Gasteiger partial charge in [-0.05, 0) is 19.8 Å². The summed E-state index contributed by atoms with van der Waals surface area (Å²) < 4.78 is 4.79. The Balaban J connectivity index is 4.00. The number of esters is 1. The summed E-state index contributed by atoms with van der Waals surface area (Å²) in [5, 5.41) is 3.30. The molecule has 0 spiro atoms. The third-order valence-corrected chi connectivity index (χ3v) is 2.68. The fourth-order valence-corrected chi connectivity index (χ4v) is 1.47. The number of rotatable bonds is 8. The van der Waals surface area contributed by atoms with E-state index in [4.69, 9.17) is 4.74 Å². The largest absolute Gasteiger partial charge is 0.468 e. The maximum atomic E-state index is 11.5. The van der Waals surface area contributed by atoms with Gasteiger partial charge in [-0.2, -0.15) is 0 Å². The van der Waals surface area contributed by atoms with Crippen molar-refractivity contribution in [2.24, 2.45) is 0 Å². The third kappa shape index (κ3) is 6.50. The normalized spacial score (nSPS) is 14.7. The lowest BCUT2D eigenvalue weighted by Gasteiger charge is -2.20. The Labute approximate surface area is 93.6 Å². The van der Waals surface area contributed by atoms with Gasteiger partial charge < -0.3 is 10.1 Å². The van der Waals surface area contributed by atoms with Gasteiger partial charge >= 0.3 is 5.97 Å². The summed E-state index contributed by atoms with van der Waals surface area (Å²) in [5.74, 6) is -0.133. The standard InChI is InChI=1S/C12H25NO2/c1-5-7-8-9-11(12(14)15-4)13-10(3)6-2/h10-11,13H,5-9H2,1-4H3. The van der Waals surface area contributed by atoms with Crippen LogP contribution < -0.4 is 5.32 Å². The average molecular weight is 215 g/mol. The van der Waals surface area contributed by atoms with Crippen molar-refractivity contribution >= 4 is 5.97 Å². The second-order valence-electron chi connectivity index (χ2n) is 4.05. The number of carbonyl (C=O) groups excluding carboxylic acids is 1. The summed E-state index contributed by atoms with van der Waals surface area (Å²) in [6.45, 7) is 6.36. The van der Waals surface area contributed by atoms with Crippen molar-refractivity contribution in [2.75, 3.05) is 7.11 Å². The highest BCUT2D eigenvalue weighted by Gasteiger charge is 2.19. The Morgan fingerprint density at radius 3 is 2.47 bits per heavy atom. The van der Waals surface area contributed by atoms with Gasteiger partial charge in [-0.1, -0.05) is 33.1 Å². The number of methoxy groups -OCH3 is 1. The number of hydrogen-bond donors (Lipinski definition) is 1. The second-order valence-corrected chi connectivity index (χ2v) is 4.05. The van der Waals surface area contributed by atoms with E-state index in [-0.39, 0.29) is 12.0 Å². The molecule has 2 unspecified atom stereocenters. The lowest BCUT2D eigenvalue weighted by Crippen LogP contribution is -2.42. The summed E-state index contributed by atoms with van der Waals surface area (Å²) >= 11 is 0. The van der Waals surface area contributed by atoms with E-state index >= 15 is 0 Å². The Morgan fingerprint density at radius 2 is 2.00 bits per heavy atom. The number of carbonyl (C=O) groups is 1. The van der Waals surface area contributed by atoms with Crippen molar-refractivity contribution in [3.8, 4) is 0 Å². The molecule has 0 bridgehead atoms. The van der Waals surface area contributed by atoms with Crippen LogP contribution in [0.3, 0.4) is 0 Å². The molecule has 0 aliphatic carbocycles. The number of ether oxygens (including phenoxy) is 1. The fourth-order valence-electron chi connectivity index (χ4n) is 1.47. The molecular weight excluding hydrogens is 190 g/mol. The number of nitrogens with one attached hydrogen (secondary N) is 1. The molecule has 0 aliphatic rings. The summed E-state index contributed by atoms with van der Waals surface area (Å²) in [6, 6.07) is 0.243. The molecule has 0 fully saturated rings. The highest BCUT2D eigenvalue weighted by atomic mass is 16.5. The molecule has 0 heterocycles. The van der Waals surface area contributed by atoms with Crippen molar-refractivity contribution < 1.29 is 9.53 Å². The molecular formula is C12H25NO2. The maximum absolute atomic E-state index is 11.5. The molecule has 0 aliphatic heterocycles. The van der Waals surface area contributed by atoms with Gasteiger partial charge in [0, 0.05) is 6.04 Å². The van der Waals surface area contributed by atoms with Gasteiger partial charge in [-0.15, -0.1) is 0 Å². The average Bonchev–Trinajstić information content (AvgIpc) is 2.26. The van der Waals surface area contributed by atoms with Gasteiger partial charge in [0.05, 0.1) is 7.11 Å². The molecule has 0 amide bonds. The van der Waals surface area contributed by atoms with E-state index in [1.807, 2.05) is 0 Å². The SMILES string of the molecule is CCCCCC(NC(C)CC)C(=O)OC. The van der Waals surface area contributed by atoms with E-state index in [2.05, 4.69) is 26.1 Å². The van der Waals surface area contributed by atoms with E-state index < -0.39 is 0 Å². The number of hydrogen-bond acceptors (Lipinski definition) is 3. The van der Waals surface area contributed by atoms with Crippen LogP contribution in [-0.4, -0.2) is 25.2 Å². The molecule has 90 valence electrons. The van der Waals surface area contributed by atoms with E-state index in [1.165, 1.54) is 20.0 Å². The molecule has 0 aromatic heterocycles. The van der Waals surface area contributed by atoms with E-state index in [1.54, 1.807) is 0 Å². The minimum Gasteiger partial charge on any atom is -0.468 e. The topological polar surface area (TPSA) is 38.3 Å². The molecule has 0 aromatic rings. The summed E-state index contributed by atoms with van der Waals surface area (Å²) in [6.07, 6.45) is 5.35. The molecule has 0 saturated carbocycles. The van der Waals surface area contributed by atoms with Crippen LogP contribution >= 0.6 is 0 Å². The predicted molar refractivity (Wildman–Crippen MR) is 62.8 cm³/mol. The van der Waals surface area contributed by atoms with Crippen LogP contribution in [0.2, 0.25) is 0 Å². The molecule has 1 N–H and O–H groups in total. The van der Waals surface area contributed by atoms with Crippen molar-refractivity contribution in [3.63, 3.8) is 0 Å². The second kappa shape index (κ2) is 8.72. The summed E-state index contributed by atoms with van der Waals surface area (Å²) in [7, 11) is 1.45. The first-order chi connectivity index (χ1) is 7.15. The summed E-state index contributed by atoms with van der Waals surface area (Å²) in [5.41, 5.74) is 0. The first-order valence-electron chi connectivity index (χ1n) is 5.99. The van der Waals surface area contributed by atoms with Crippen LogP contribution in [0.4, 0.5) is 0 Å². The van der Waals surface area contributed by atoms with Crippen LogP contribution in [-0.2, 0) is 9.53 Å². The zero-order valence-electron chi connectivity index (χ0n) is 10.5. The molecule has 0 aromatic carbocycles. The van der Waals surface area contributed by atoms with Crippen LogP contribution in [0, 0.1) is 0 Å². The van der Waals surface area contributed by atoms with Crippen molar-refractivity contribution in [1.82, 2.24) is 5.32 Å². The van der Waals surface area contributed by atoms with Crippen molar-refractivity contribution in [3.05, 3.63) is 0 Å². The lowest BCUT2D eigenvalue weighted by atomic mass is 10.1. The molecule has 0 saturated heterocycles. The quantitative estimate of drug-likeness (QED) is 0.499. The fraction of sp³-hybridized carbons (Fsp3) is 0.917. The van der Waals surface area contributed by atoms with Crippen molar-refractivity contribution in [1.29, 1.82) is 0 Å². The number of unbranched alkanes of at least 4 members (excludes halogenated alkanes) is 2. The Hall–Kier alpha value is -0.570. The molecule has 3 heteroatoms. The zero-order valence-corrected chi connectivity index (χ0v) is 10.5. The van der Waals surface area contributed by atoms with Gasteiger partial charge in [0.1, 0.15) is 6.04 Å². The first-order valence-corrected chi connectivity index (χ1v) is 5.99. The maximum Gasteiger partial charge on any atom is 0.322 e. The monoisotopic (exact) mass is 215 g/mol. The van der Waals surface area contributed by atoms with Gasteiger partial charge in [0.2, 0.25) is 0 Å². The minimum absolute atomic E-state index is 0.128. The smallest absolute Gasteiger partial charge is 0.322 e. The van der Waals surface area contributed by atoms with E-state index in [0.29, 0.717) is 6.04 Å². The van der Waals surface area contributed by atoms with Crippen LogP contribution in [0.15, 0.2) is 0 Å². The van der Waals surface area contributed by atoms with E-state index in [0.717, 1.165) is 19.3 Å².